The van der Waals surface area contributed by atoms with E-state index < -0.39 is 0 Å². The monoisotopic (exact) mass is 170 g/mol. The third-order valence-electron chi connectivity index (χ3n) is 3.54. The van der Waals surface area contributed by atoms with E-state index in [-0.39, 0.29) is 11.7 Å². The summed E-state index contributed by atoms with van der Waals surface area (Å²) in [4.78, 5) is 0. The molecule has 12 heavy (non-hydrogen) atoms. The van der Waals surface area contributed by atoms with Crippen molar-refractivity contribution in [1.82, 2.24) is 0 Å². The van der Waals surface area contributed by atoms with Crippen LogP contribution in [0.3, 0.4) is 0 Å². The minimum atomic E-state index is 0.106. The lowest BCUT2D eigenvalue weighted by Gasteiger charge is -2.53. The van der Waals surface area contributed by atoms with E-state index in [1.54, 1.807) is 0 Å². The van der Waals surface area contributed by atoms with Crippen LogP contribution in [-0.2, 0) is 9.47 Å². The Bertz CT molecular complexity index is 159. The fourth-order valence-corrected chi connectivity index (χ4v) is 2.11. The van der Waals surface area contributed by atoms with Crippen LogP contribution in [0, 0.1) is 10.8 Å². The van der Waals surface area contributed by atoms with Crippen LogP contribution >= 0.6 is 0 Å². The molecule has 0 aromatic heterocycles. The lowest BCUT2D eigenvalue weighted by atomic mass is 9.63. The van der Waals surface area contributed by atoms with E-state index in [9.17, 15) is 0 Å². The average Bonchev–Trinajstić information content (AvgIpc) is 2.06. The summed E-state index contributed by atoms with van der Waals surface area (Å²) in [7, 11) is 0. The number of hydrogen-bond acceptors (Lipinski definition) is 2. The van der Waals surface area contributed by atoms with E-state index in [1.165, 1.54) is 6.42 Å². The predicted octanol–water partition coefficient (Wildman–Crippen LogP) is 2.19. The maximum absolute atomic E-state index is 5.58. The highest BCUT2D eigenvalue weighted by Crippen LogP contribution is 2.49. The molecule has 0 N–H and O–H groups in total. The molecule has 0 aromatic rings. The summed E-state index contributed by atoms with van der Waals surface area (Å²) in [5.74, 6) is 0. The minimum Gasteiger partial charge on any atom is -0.352 e. The summed E-state index contributed by atoms with van der Waals surface area (Å²) in [6.45, 7) is 8.63. The van der Waals surface area contributed by atoms with Crippen LogP contribution in [-0.4, -0.2) is 19.5 Å². The van der Waals surface area contributed by atoms with Crippen molar-refractivity contribution in [2.75, 3.05) is 13.2 Å². The van der Waals surface area contributed by atoms with Crippen LogP contribution in [0.15, 0.2) is 0 Å². The molecular weight excluding hydrogens is 152 g/mol. The van der Waals surface area contributed by atoms with Crippen molar-refractivity contribution in [3.8, 4) is 0 Å². The second-order valence-electron chi connectivity index (χ2n) is 5.12. The van der Waals surface area contributed by atoms with Gasteiger partial charge in [0.05, 0.1) is 13.2 Å². The Morgan fingerprint density at radius 1 is 1.17 bits per heavy atom. The van der Waals surface area contributed by atoms with E-state index in [0.29, 0.717) is 5.41 Å². The van der Waals surface area contributed by atoms with Crippen LogP contribution in [0.2, 0.25) is 0 Å². The number of fused-ring (bicyclic) bond motifs is 3. The highest BCUT2D eigenvalue weighted by atomic mass is 16.7. The first-order valence-corrected chi connectivity index (χ1v) is 4.77. The van der Waals surface area contributed by atoms with Gasteiger partial charge in [-0.25, -0.2) is 0 Å². The molecule has 0 saturated carbocycles. The zero-order valence-electron chi connectivity index (χ0n) is 8.22. The van der Waals surface area contributed by atoms with Gasteiger partial charge in [-0.05, 0) is 18.3 Å². The molecule has 3 rings (SSSR count). The molecule has 2 bridgehead atoms. The van der Waals surface area contributed by atoms with Gasteiger partial charge in [0.1, 0.15) is 0 Å². The van der Waals surface area contributed by atoms with Gasteiger partial charge in [0.25, 0.3) is 0 Å². The van der Waals surface area contributed by atoms with Crippen LogP contribution in [0.4, 0.5) is 0 Å². The first kappa shape index (κ1) is 8.52. The van der Waals surface area contributed by atoms with Gasteiger partial charge < -0.3 is 9.47 Å². The molecule has 0 spiro atoms. The van der Waals surface area contributed by atoms with Gasteiger partial charge in [-0.2, -0.15) is 0 Å². The van der Waals surface area contributed by atoms with Crippen molar-refractivity contribution in [2.24, 2.45) is 10.8 Å². The van der Waals surface area contributed by atoms with Crippen molar-refractivity contribution < 1.29 is 9.47 Å². The molecule has 0 aromatic carbocycles. The summed E-state index contributed by atoms with van der Waals surface area (Å²) in [6, 6.07) is 0. The van der Waals surface area contributed by atoms with E-state index in [1.807, 2.05) is 0 Å². The van der Waals surface area contributed by atoms with Gasteiger partial charge in [0, 0.05) is 5.41 Å². The molecule has 2 nitrogen and oxygen atoms in total. The molecular formula is C10H18O2. The molecule has 0 unspecified atom stereocenters. The molecule has 3 aliphatic rings. The fraction of sp³-hybridized carbons (Fsp3) is 1.00. The Hall–Kier alpha value is -0.0800. The molecule has 3 aliphatic heterocycles. The first-order valence-electron chi connectivity index (χ1n) is 4.77. The van der Waals surface area contributed by atoms with Crippen molar-refractivity contribution >= 4 is 0 Å². The van der Waals surface area contributed by atoms with E-state index in [2.05, 4.69) is 20.8 Å². The highest BCUT2D eigenvalue weighted by molar-refractivity contribution is 4.95. The number of ether oxygens (including phenoxy) is 2. The van der Waals surface area contributed by atoms with Crippen LogP contribution in [0.25, 0.3) is 0 Å². The van der Waals surface area contributed by atoms with Crippen molar-refractivity contribution in [3.05, 3.63) is 0 Å². The molecule has 0 amide bonds. The van der Waals surface area contributed by atoms with Gasteiger partial charge in [-0.3, -0.25) is 0 Å². The van der Waals surface area contributed by atoms with Crippen LogP contribution in [0.1, 0.15) is 33.6 Å². The zero-order valence-corrected chi connectivity index (χ0v) is 8.22. The Morgan fingerprint density at radius 3 is 2.00 bits per heavy atom. The summed E-state index contributed by atoms with van der Waals surface area (Å²) >= 11 is 0. The molecule has 70 valence electrons. The largest absolute Gasteiger partial charge is 0.352 e. The van der Waals surface area contributed by atoms with Gasteiger partial charge in [-0.1, -0.05) is 20.8 Å². The van der Waals surface area contributed by atoms with Crippen molar-refractivity contribution in [3.63, 3.8) is 0 Å². The van der Waals surface area contributed by atoms with Gasteiger partial charge in [0.2, 0.25) is 0 Å². The maximum Gasteiger partial charge on any atom is 0.157 e. The number of rotatable bonds is 0. The topological polar surface area (TPSA) is 18.5 Å². The van der Waals surface area contributed by atoms with Crippen molar-refractivity contribution in [2.45, 2.75) is 39.9 Å². The lowest BCUT2D eigenvalue weighted by molar-refractivity contribution is -0.291. The van der Waals surface area contributed by atoms with E-state index >= 15 is 0 Å². The average molecular weight is 170 g/mol. The molecule has 2 heteroatoms. The fourth-order valence-electron chi connectivity index (χ4n) is 2.11. The molecule has 0 radical (unpaired) electrons. The SMILES string of the molecule is CC(C)(C)C12CCC(OC1)OC2. The molecule has 0 aliphatic carbocycles. The third-order valence-corrected chi connectivity index (χ3v) is 3.54. The normalized spacial score (nSPS) is 41.8. The van der Waals surface area contributed by atoms with E-state index in [0.717, 1.165) is 19.6 Å². The molecule has 3 fully saturated rings. The summed E-state index contributed by atoms with van der Waals surface area (Å²) in [6.07, 6.45) is 2.45. The van der Waals surface area contributed by atoms with E-state index in [4.69, 9.17) is 9.47 Å². The standard InChI is InChI=1S/C10H18O2/c1-9(2,3)10-5-4-8(11-6-10)12-7-10/h8H,4-7H2,1-3H3. The third kappa shape index (κ3) is 1.09. The Labute approximate surface area is 74.2 Å². The molecule has 3 heterocycles. The lowest BCUT2D eigenvalue weighted by Crippen LogP contribution is -2.54. The second kappa shape index (κ2) is 2.46. The van der Waals surface area contributed by atoms with Gasteiger partial charge in [-0.15, -0.1) is 0 Å². The van der Waals surface area contributed by atoms with Crippen molar-refractivity contribution in [1.29, 1.82) is 0 Å². The quantitative estimate of drug-likeness (QED) is 0.555. The Morgan fingerprint density at radius 2 is 1.75 bits per heavy atom. The number of hydrogen-bond donors (Lipinski definition) is 0. The summed E-state index contributed by atoms with van der Waals surface area (Å²) in [5, 5.41) is 0. The highest BCUT2D eigenvalue weighted by Gasteiger charge is 2.49. The summed E-state index contributed by atoms with van der Waals surface area (Å²) < 4.78 is 11.2. The molecule has 3 saturated heterocycles. The second-order valence-corrected chi connectivity index (χ2v) is 5.12. The molecule has 0 atom stereocenters. The maximum atomic E-state index is 5.58. The Kier molecular flexibility index (Phi) is 1.74. The minimum absolute atomic E-state index is 0.106. The summed E-state index contributed by atoms with van der Waals surface area (Å²) in [5.41, 5.74) is 0.583. The van der Waals surface area contributed by atoms with Crippen LogP contribution in [0.5, 0.6) is 0 Å². The smallest absolute Gasteiger partial charge is 0.157 e. The van der Waals surface area contributed by atoms with Gasteiger partial charge >= 0.3 is 0 Å². The zero-order chi connectivity index (χ0) is 8.82. The Balaban J connectivity index is 2.19. The predicted molar refractivity (Wildman–Crippen MR) is 46.8 cm³/mol. The van der Waals surface area contributed by atoms with Crippen LogP contribution < -0.4 is 0 Å². The van der Waals surface area contributed by atoms with Gasteiger partial charge in [0.15, 0.2) is 6.29 Å². The first-order chi connectivity index (χ1) is 5.54.